The smallest absolute Gasteiger partial charge is 0.475 e. The number of carbonyl (C=O) groups is 1. The first-order valence-electron chi connectivity index (χ1n) is 12.1. The first kappa shape index (κ1) is 29.8. The molecule has 0 saturated carbocycles. The fourth-order valence-corrected chi connectivity index (χ4v) is 4.30. The van der Waals surface area contributed by atoms with Gasteiger partial charge in [0.15, 0.2) is 0 Å². The van der Waals surface area contributed by atoms with Crippen molar-refractivity contribution < 1.29 is 32.2 Å². The maximum Gasteiger partial charge on any atom is 0.490 e. The number of alkyl halides is 3. The van der Waals surface area contributed by atoms with Crippen LogP contribution in [0.3, 0.4) is 0 Å². The third-order valence-electron chi connectivity index (χ3n) is 6.02. The van der Waals surface area contributed by atoms with Crippen molar-refractivity contribution in [3.63, 3.8) is 0 Å². The third-order valence-corrected chi connectivity index (χ3v) is 6.02. The van der Waals surface area contributed by atoms with Gasteiger partial charge in [0.2, 0.25) is 5.95 Å². The van der Waals surface area contributed by atoms with Gasteiger partial charge in [0, 0.05) is 26.4 Å². The number of hydrogen-bond donors (Lipinski definition) is 3. The van der Waals surface area contributed by atoms with Crippen LogP contribution in [0.25, 0.3) is 22.5 Å². The van der Waals surface area contributed by atoms with Crippen molar-refractivity contribution in [3.05, 3.63) is 52.7 Å². The molecule has 3 N–H and O–H groups in total. The number of aliphatic carboxylic acids is 1. The van der Waals surface area contributed by atoms with Gasteiger partial charge in [-0.05, 0) is 56.6 Å². The van der Waals surface area contributed by atoms with Crippen LogP contribution in [0.5, 0.6) is 0 Å². The summed E-state index contributed by atoms with van der Waals surface area (Å²) in [4.78, 5) is 31.4. The summed E-state index contributed by atoms with van der Waals surface area (Å²) in [5.74, 6) is -2.64. The quantitative estimate of drug-likeness (QED) is 0.380. The van der Waals surface area contributed by atoms with E-state index < -0.39 is 12.1 Å². The summed E-state index contributed by atoms with van der Waals surface area (Å²) >= 11 is 0. The average molecular weight is 555 g/mol. The molecule has 0 unspecified atom stereocenters. The van der Waals surface area contributed by atoms with E-state index in [0.717, 1.165) is 31.6 Å². The second-order valence-corrected chi connectivity index (χ2v) is 8.95. The number of nitrogens with zero attached hydrogens (tertiary/aromatic N) is 4. The highest BCUT2D eigenvalue weighted by Crippen LogP contribution is 2.34. The minimum absolute atomic E-state index is 0.0224. The van der Waals surface area contributed by atoms with Crippen molar-refractivity contribution >= 4 is 11.9 Å². The maximum absolute atomic E-state index is 13.6. The summed E-state index contributed by atoms with van der Waals surface area (Å²) in [6, 6.07) is 8.02. The van der Waals surface area contributed by atoms with Gasteiger partial charge in [-0.2, -0.15) is 13.2 Å². The standard InChI is InChI=1S/C23H29FN6O2.C2HF3O2/c1-15(14-32-3)27-23-26-13-10-19(28-23)21-20(16-4-6-17(24)7-5-16)22(31)29(2)30(21)18-8-11-25-12-9-18;3-2(4,5)1(6)7/h4-7,10,13,15,18,25H,8-9,11-12,14H2,1-3H3,(H,26,27,28);(H,6,7)/t15-;/m1./s1. The number of aromatic nitrogens is 4. The minimum Gasteiger partial charge on any atom is -0.475 e. The second kappa shape index (κ2) is 12.8. The molecule has 0 amide bonds. The van der Waals surface area contributed by atoms with Gasteiger partial charge in [0.25, 0.3) is 5.56 Å². The Bertz CT molecular complexity index is 1320. The number of carboxylic acids is 1. The monoisotopic (exact) mass is 554 g/mol. The average Bonchev–Trinajstić information content (AvgIpc) is 3.15. The van der Waals surface area contributed by atoms with Crippen LogP contribution in [-0.2, 0) is 16.6 Å². The molecule has 3 aromatic rings. The molecule has 1 aromatic carbocycles. The van der Waals surface area contributed by atoms with Crippen LogP contribution in [0.2, 0.25) is 0 Å². The fraction of sp³-hybridized carbons (Fsp3) is 0.440. The number of nitrogens with one attached hydrogen (secondary N) is 2. The van der Waals surface area contributed by atoms with Gasteiger partial charge < -0.3 is 20.5 Å². The van der Waals surface area contributed by atoms with E-state index in [1.165, 1.54) is 12.1 Å². The van der Waals surface area contributed by atoms with E-state index >= 15 is 0 Å². The van der Waals surface area contributed by atoms with Crippen molar-refractivity contribution in [3.8, 4) is 22.5 Å². The summed E-state index contributed by atoms with van der Waals surface area (Å²) in [5.41, 5.74) is 2.41. The lowest BCUT2D eigenvalue weighted by Crippen LogP contribution is -2.33. The van der Waals surface area contributed by atoms with E-state index in [1.54, 1.807) is 37.2 Å². The zero-order valence-electron chi connectivity index (χ0n) is 21.6. The molecule has 4 rings (SSSR count). The summed E-state index contributed by atoms with van der Waals surface area (Å²) in [7, 11) is 3.42. The van der Waals surface area contributed by atoms with Crippen LogP contribution >= 0.6 is 0 Å². The Morgan fingerprint density at radius 2 is 1.85 bits per heavy atom. The number of benzene rings is 1. The lowest BCUT2D eigenvalue weighted by atomic mass is 10.0. The van der Waals surface area contributed by atoms with E-state index in [1.807, 2.05) is 17.7 Å². The summed E-state index contributed by atoms with van der Waals surface area (Å²) in [6.07, 6.45) is -1.60. The maximum atomic E-state index is 13.6. The van der Waals surface area contributed by atoms with E-state index in [-0.39, 0.29) is 23.5 Å². The topological polar surface area (TPSA) is 123 Å². The molecule has 3 heterocycles. The molecule has 0 radical (unpaired) electrons. The Kier molecular flexibility index (Phi) is 9.81. The summed E-state index contributed by atoms with van der Waals surface area (Å²) < 4.78 is 54.2. The number of methoxy groups -OCH3 is 1. The molecule has 14 heteroatoms. The highest BCUT2D eigenvalue weighted by Gasteiger charge is 2.38. The third kappa shape index (κ3) is 7.41. The highest BCUT2D eigenvalue weighted by molar-refractivity contribution is 5.79. The molecule has 0 bridgehead atoms. The van der Waals surface area contributed by atoms with E-state index in [9.17, 15) is 22.4 Å². The van der Waals surface area contributed by atoms with Crippen LogP contribution in [0.15, 0.2) is 41.3 Å². The zero-order valence-corrected chi connectivity index (χ0v) is 21.6. The van der Waals surface area contributed by atoms with Gasteiger partial charge in [0.1, 0.15) is 5.82 Å². The lowest BCUT2D eigenvalue weighted by Gasteiger charge is -2.27. The van der Waals surface area contributed by atoms with Gasteiger partial charge in [0.05, 0.1) is 29.6 Å². The van der Waals surface area contributed by atoms with Gasteiger partial charge in [-0.1, -0.05) is 12.1 Å². The van der Waals surface area contributed by atoms with E-state index in [4.69, 9.17) is 19.6 Å². The first-order chi connectivity index (χ1) is 18.4. The SMILES string of the molecule is COC[C@@H](C)Nc1nccc(-c2c(-c3ccc(F)cc3)c(=O)n(C)n2C2CCNCC2)n1.O=C(O)C(F)(F)F. The highest BCUT2D eigenvalue weighted by atomic mass is 19.4. The molecule has 1 fully saturated rings. The van der Waals surface area contributed by atoms with Crippen LogP contribution in [0.4, 0.5) is 23.5 Å². The molecule has 1 atom stereocenters. The van der Waals surface area contributed by atoms with Crippen LogP contribution < -0.4 is 16.2 Å². The Morgan fingerprint density at radius 1 is 1.23 bits per heavy atom. The van der Waals surface area contributed by atoms with Crippen molar-refractivity contribution in [1.82, 2.24) is 24.6 Å². The molecule has 2 aromatic heterocycles. The van der Waals surface area contributed by atoms with Gasteiger partial charge in [-0.3, -0.25) is 14.2 Å². The predicted octanol–water partition coefficient (Wildman–Crippen LogP) is 3.45. The largest absolute Gasteiger partial charge is 0.490 e. The van der Waals surface area contributed by atoms with Crippen molar-refractivity contribution in [2.45, 2.75) is 38.0 Å². The number of halogens is 4. The molecule has 10 nitrogen and oxygen atoms in total. The Hall–Kier alpha value is -3.78. The molecule has 1 saturated heterocycles. The number of piperidine rings is 1. The number of rotatable bonds is 7. The molecular weight excluding hydrogens is 524 g/mol. The van der Waals surface area contributed by atoms with Crippen molar-refractivity contribution in [2.24, 2.45) is 7.05 Å². The van der Waals surface area contributed by atoms with E-state index in [2.05, 4.69) is 15.6 Å². The zero-order chi connectivity index (χ0) is 28.7. The Labute approximate surface area is 221 Å². The molecule has 212 valence electrons. The van der Waals surface area contributed by atoms with Crippen LogP contribution in [0.1, 0.15) is 25.8 Å². The first-order valence-corrected chi connectivity index (χ1v) is 12.1. The molecule has 1 aliphatic heterocycles. The minimum atomic E-state index is -5.08. The van der Waals surface area contributed by atoms with Gasteiger partial charge in [-0.15, -0.1) is 0 Å². The Morgan fingerprint density at radius 3 is 2.41 bits per heavy atom. The molecule has 1 aliphatic rings. The molecule has 0 spiro atoms. The fourth-order valence-electron chi connectivity index (χ4n) is 4.30. The summed E-state index contributed by atoms with van der Waals surface area (Å²) in [5, 5.41) is 13.7. The van der Waals surface area contributed by atoms with Crippen LogP contribution in [0, 0.1) is 5.82 Å². The van der Waals surface area contributed by atoms with Crippen LogP contribution in [-0.4, -0.2) is 69.4 Å². The number of ether oxygens (including phenoxy) is 1. The predicted molar refractivity (Wildman–Crippen MR) is 136 cm³/mol. The van der Waals surface area contributed by atoms with Gasteiger partial charge >= 0.3 is 12.1 Å². The Balaban J connectivity index is 0.000000532. The number of anilines is 1. The van der Waals surface area contributed by atoms with Gasteiger partial charge in [-0.25, -0.2) is 19.2 Å². The molecule has 39 heavy (non-hydrogen) atoms. The number of carboxylic acid groups (broad SMARTS) is 1. The molecule has 0 aliphatic carbocycles. The van der Waals surface area contributed by atoms with Crippen molar-refractivity contribution in [1.29, 1.82) is 0 Å². The van der Waals surface area contributed by atoms with Crippen molar-refractivity contribution in [2.75, 3.05) is 32.1 Å². The van der Waals surface area contributed by atoms with E-state index in [0.29, 0.717) is 29.4 Å². The number of hydrogen-bond acceptors (Lipinski definition) is 7. The molecular formula is C25H30F4N6O4. The summed E-state index contributed by atoms with van der Waals surface area (Å²) in [6.45, 7) is 4.26. The normalized spacial score (nSPS) is 14.8. The second-order valence-electron chi connectivity index (χ2n) is 8.95. The lowest BCUT2D eigenvalue weighted by molar-refractivity contribution is -0.192.